The molecular formula is C20H17BrClN5O4. The van der Waals surface area contributed by atoms with Crippen LogP contribution in [-0.4, -0.2) is 54.7 Å². The van der Waals surface area contributed by atoms with Crippen LogP contribution in [0.25, 0.3) is 21.9 Å². The third-order valence-corrected chi connectivity index (χ3v) is 6.08. The quantitative estimate of drug-likeness (QED) is 0.385. The highest BCUT2D eigenvalue weighted by Crippen LogP contribution is 2.35. The van der Waals surface area contributed by atoms with E-state index >= 15 is 0 Å². The highest BCUT2D eigenvalue weighted by atomic mass is 79.9. The predicted molar refractivity (Wildman–Crippen MR) is 118 cm³/mol. The Morgan fingerprint density at radius 2 is 2.03 bits per heavy atom. The van der Waals surface area contributed by atoms with E-state index in [4.69, 9.17) is 26.8 Å². The molecule has 0 saturated carbocycles. The van der Waals surface area contributed by atoms with Gasteiger partial charge < -0.3 is 30.0 Å². The summed E-state index contributed by atoms with van der Waals surface area (Å²) in [7, 11) is 0. The number of rotatable bonds is 4. The summed E-state index contributed by atoms with van der Waals surface area (Å²) in [6.45, 7) is -0.0210. The first kappa shape index (κ1) is 20.4. The lowest BCUT2D eigenvalue weighted by molar-refractivity contribution is -0.0471. The average Bonchev–Trinajstić information content (AvgIpc) is 3.30. The molecule has 3 aromatic heterocycles. The number of halogens is 2. The van der Waals surface area contributed by atoms with Crippen LogP contribution in [-0.2, 0) is 4.74 Å². The molecule has 31 heavy (non-hydrogen) atoms. The van der Waals surface area contributed by atoms with Crippen LogP contribution in [0.15, 0.2) is 47.5 Å². The summed E-state index contributed by atoms with van der Waals surface area (Å²) in [5, 5.41) is 23.0. The molecule has 4 N–H and O–H groups in total. The monoisotopic (exact) mass is 505 g/mol. The molecule has 4 atom stereocenters. The summed E-state index contributed by atoms with van der Waals surface area (Å²) in [5.74, 6) is 0.730. The Bertz CT molecular complexity index is 1290. The predicted octanol–water partition coefficient (Wildman–Crippen LogP) is 2.68. The molecule has 4 heterocycles. The summed E-state index contributed by atoms with van der Waals surface area (Å²) in [6.07, 6.45) is 0.661. The molecule has 1 fully saturated rings. The normalized spacial score (nSPS) is 23.6. The number of aliphatic hydroxyl groups is 2. The molecule has 160 valence electrons. The van der Waals surface area contributed by atoms with Crippen molar-refractivity contribution in [2.45, 2.75) is 24.5 Å². The zero-order valence-corrected chi connectivity index (χ0v) is 18.2. The number of anilines is 1. The van der Waals surface area contributed by atoms with Gasteiger partial charge in [0.15, 0.2) is 6.23 Å². The number of aliphatic hydroxyl groups excluding tert-OH is 2. The van der Waals surface area contributed by atoms with E-state index in [2.05, 4.69) is 30.9 Å². The molecule has 1 aliphatic rings. The molecule has 0 aliphatic carbocycles. The third-order valence-electron chi connectivity index (χ3n) is 5.28. The van der Waals surface area contributed by atoms with E-state index in [0.717, 1.165) is 9.86 Å². The lowest BCUT2D eigenvalue weighted by Gasteiger charge is -2.17. The van der Waals surface area contributed by atoms with Crippen molar-refractivity contribution in [3.05, 3.63) is 52.5 Å². The smallest absolute Gasteiger partial charge is 0.164 e. The number of hydrogen-bond acceptors (Lipinski definition) is 8. The summed E-state index contributed by atoms with van der Waals surface area (Å²) in [4.78, 5) is 12.5. The van der Waals surface area contributed by atoms with Crippen molar-refractivity contribution in [2.75, 3.05) is 12.3 Å². The topological polar surface area (TPSA) is 129 Å². The molecule has 1 saturated heterocycles. The van der Waals surface area contributed by atoms with Crippen molar-refractivity contribution >= 4 is 55.3 Å². The highest BCUT2D eigenvalue weighted by molar-refractivity contribution is 9.10. The molecule has 1 aliphatic heterocycles. The van der Waals surface area contributed by atoms with Crippen molar-refractivity contribution in [3.8, 4) is 5.75 Å². The van der Waals surface area contributed by atoms with Crippen molar-refractivity contribution in [3.63, 3.8) is 0 Å². The summed E-state index contributed by atoms with van der Waals surface area (Å²) in [6, 6.07) is 7.21. The average molecular weight is 507 g/mol. The molecular weight excluding hydrogens is 490 g/mol. The van der Waals surface area contributed by atoms with Gasteiger partial charge in [-0.25, -0.2) is 9.97 Å². The maximum absolute atomic E-state index is 10.6. The van der Waals surface area contributed by atoms with Crippen LogP contribution in [0.5, 0.6) is 5.75 Å². The fraction of sp³-hybridized carbons (Fsp3) is 0.250. The largest absolute Gasteiger partial charge is 0.489 e. The van der Waals surface area contributed by atoms with Gasteiger partial charge in [-0.3, -0.25) is 4.98 Å². The summed E-state index contributed by atoms with van der Waals surface area (Å²) < 4.78 is 14.2. The molecule has 0 unspecified atom stereocenters. The van der Waals surface area contributed by atoms with Gasteiger partial charge in [0, 0.05) is 22.3 Å². The summed E-state index contributed by atoms with van der Waals surface area (Å²) >= 11 is 9.83. The molecule has 0 bridgehead atoms. The van der Waals surface area contributed by atoms with E-state index in [-0.39, 0.29) is 6.61 Å². The Balaban J connectivity index is 1.36. The molecule has 1 aromatic carbocycles. The van der Waals surface area contributed by atoms with Gasteiger partial charge in [0.1, 0.15) is 53.5 Å². The molecule has 11 heteroatoms. The number of fused-ring (bicyclic) bond motifs is 2. The minimum atomic E-state index is -1.19. The van der Waals surface area contributed by atoms with Crippen molar-refractivity contribution in [1.82, 2.24) is 19.5 Å². The molecule has 0 spiro atoms. The van der Waals surface area contributed by atoms with Gasteiger partial charge in [0.2, 0.25) is 0 Å². The van der Waals surface area contributed by atoms with Crippen LogP contribution in [0.2, 0.25) is 5.02 Å². The lowest BCUT2D eigenvalue weighted by atomic mass is 10.1. The Morgan fingerprint density at radius 3 is 2.87 bits per heavy atom. The van der Waals surface area contributed by atoms with Crippen LogP contribution in [0.3, 0.4) is 0 Å². The fourth-order valence-corrected chi connectivity index (χ4v) is 4.32. The van der Waals surface area contributed by atoms with Gasteiger partial charge in [0.05, 0.1) is 10.9 Å². The second-order valence-corrected chi connectivity index (χ2v) is 8.47. The number of ether oxygens (including phenoxy) is 2. The molecule has 4 aromatic rings. The first-order valence-corrected chi connectivity index (χ1v) is 10.6. The SMILES string of the molecule is Nc1ncnc2c1ccn2[C@@H]1O[C@H](COc2ccc3cc(Br)cnc3c2Cl)[C@@H](O)[C@H]1O. The zero-order valence-electron chi connectivity index (χ0n) is 15.9. The van der Waals surface area contributed by atoms with Gasteiger partial charge >= 0.3 is 0 Å². The fourth-order valence-electron chi connectivity index (χ4n) is 3.70. The second-order valence-electron chi connectivity index (χ2n) is 7.18. The molecule has 9 nitrogen and oxygen atoms in total. The number of aromatic nitrogens is 4. The third kappa shape index (κ3) is 3.50. The van der Waals surface area contributed by atoms with Crippen LogP contribution in [0, 0.1) is 0 Å². The van der Waals surface area contributed by atoms with Gasteiger partial charge in [-0.05, 0) is 40.2 Å². The van der Waals surface area contributed by atoms with E-state index in [9.17, 15) is 10.2 Å². The van der Waals surface area contributed by atoms with E-state index in [0.29, 0.717) is 33.1 Å². The number of nitrogen functional groups attached to an aromatic ring is 1. The summed E-state index contributed by atoms with van der Waals surface area (Å²) in [5.41, 5.74) is 6.98. The van der Waals surface area contributed by atoms with Crippen LogP contribution in [0.1, 0.15) is 6.23 Å². The number of benzene rings is 1. The zero-order chi connectivity index (χ0) is 21.7. The van der Waals surface area contributed by atoms with Crippen molar-refractivity contribution in [2.24, 2.45) is 0 Å². The van der Waals surface area contributed by atoms with Crippen molar-refractivity contribution in [1.29, 1.82) is 0 Å². The molecule has 0 amide bonds. The first-order valence-electron chi connectivity index (χ1n) is 9.39. The van der Waals surface area contributed by atoms with Crippen LogP contribution >= 0.6 is 27.5 Å². The maximum Gasteiger partial charge on any atom is 0.164 e. The Kier molecular flexibility index (Phi) is 5.19. The van der Waals surface area contributed by atoms with Crippen LogP contribution < -0.4 is 10.5 Å². The number of nitrogens with zero attached hydrogens (tertiary/aromatic N) is 4. The van der Waals surface area contributed by atoms with Crippen molar-refractivity contribution < 1.29 is 19.7 Å². The Morgan fingerprint density at radius 1 is 1.19 bits per heavy atom. The molecule has 0 radical (unpaired) electrons. The number of nitrogens with two attached hydrogens (primary N) is 1. The van der Waals surface area contributed by atoms with E-state index in [1.165, 1.54) is 6.33 Å². The van der Waals surface area contributed by atoms with E-state index in [1.54, 1.807) is 29.1 Å². The van der Waals surface area contributed by atoms with Gasteiger partial charge in [-0.1, -0.05) is 11.6 Å². The maximum atomic E-state index is 10.6. The van der Waals surface area contributed by atoms with E-state index < -0.39 is 24.5 Å². The second kappa shape index (κ2) is 7.88. The first-order chi connectivity index (χ1) is 14.9. The Hall–Kier alpha value is -2.50. The minimum Gasteiger partial charge on any atom is -0.489 e. The lowest BCUT2D eigenvalue weighted by Crippen LogP contribution is -2.34. The van der Waals surface area contributed by atoms with Gasteiger partial charge in [0.25, 0.3) is 0 Å². The minimum absolute atomic E-state index is 0.0210. The standard InChI is InChI=1S/C20H17BrClN5O4/c21-10-5-9-1-2-12(14(22)15(9)24-6-10)30-7-13-16(28)17(29)20(31-13)27-4-3-11-18(23)25-8-26-19(11)27/h1-6,8,13,16-17,20,28-29H,7H2,(H2,23,25,26)/t13-,16-,17-,20-/m1/s1. The van der Waals surface area contributed by atoms with E-state index in [1.807, 2.05) is 12.1 Å². The molecule has 5 rings (SSSR count). The van der Waals surface area contributed by atoms with Gasteiger partial charge in [-0.15, -0.1) is 0 Å². The number of pyridine rings is 1. The van der Waals surface area contributed by atoms with Crippen LogP contribution in [0.4, 0.5) is 5.82 Å². The Labute approximate surface area is 189 Å². The highest BCUT2D eigenvalue weighted by Gasteiger charge is 2.44. The number of hydrogen-bond donors (Lipinski definition) is 3. The van der Waals surface area contributed by atoms with Gasteiger partial charge in [-0.2, -0.15) is 0 Å².